The molecule has 0 bridgehead atoms. The van der Waals surface area contributed by atoms with E-state index < -0.39 is 0 Å². The molecule has 110 valence electrons. The van der Waals surface area contributed by atoms with Crippen LogP contribution in [0.4, 0.5) is 0 Å². The molecule has 2 unspecified atom stereocenters. The molecule has 2 aliphatic rings. The number of ether oxygens (including phenoxy) is 3. The normalized spacial score (nSPS) is 23.1. The van der Waals surface area contributed by atoms with Gasteiger partial charge in [0.25, 0.3) is 0 Å². The number of hydrogen-bond acceptors (Lipinski definition) is 4. The Morgan fingerprint density at radius 3 is 3.05 bits per heavy atom. The van der Waals surface area contributed by atoms with Gasteiger partial charge >= 0.3 is 0 Å². The topological polar surface area (TPSA) is 39.7 Å². The Hall–Kier alpha value is -1.10. The molecule has 1 fully saturated rings. The molecule has 2 atom stereocenters. The number of nitrogens with one attached hydrogen (secondary N) is 1. The van der Waals surface area contributed by atoms with E-state index in [4.69, 9.17) is 14.2 Å². The Bertz CT molecular complexity index is 443. The minimum absolute atomic E-state index is 0.0932. The van der Waals surface area contributed by atoms with Crippen molar-refractivity contribution >= 4 is 0 Å². The lowest BCUT2D eigenvalue weighted by atomic mass is 9.98. The van der Waals surface area contributed by atoms with E-state index in [1.54, 1.807) is 0 Å². The third-order valence-electron chi connectivity index (χ3n) is 3.90. The van der Waals surface area contributed by atoms with Gasteiger partial charge in [0.2, 0.25) is 0 Å². The van der Waals surface area contributed by atoms with Crippen molar-refractivity contribution in [2.45, 2.75) is 31.9 Å². The first-order valence-corrected chi connectivity index (χ1v) is 7.57. The second-order valence-electron chi connectivity index (χ2n) is 5.38. The molecule has 4 heteroatoms. The van der Waals surface area contributed by atoms with Gasteiger partial charge in [0.1, 0.15) is 11.9 Å². The Morgan fingerprint density at radius 2 is 2.25 bits per heavy atom. The van der Waals surface area contributed by atoms with Gasteiger partial charge in [-0.1, -0.05) is 19.1 Å². The highest BCUT2D eigenvalue weighted by Gasteiger charge is 2.27. The van der Waals surface area contributed by atoms with E-state index in [1.807, 2.05) is 0 Å². The van der Waals surface area contributed by atoms with E-state index in [0.29, 0.717) is 19.8 Å². The molecule has 4 nitrogen and oxygen atoms in total. The van der Waals surface area contributed by atoms with Crippen molar-refractivity contribution in [3.8, 4) is 5.75 Å². The molecule has 2 aliphatic heterocycles. The van der Waals surface area contributed by atoms with Crippen molar-refractivity contribution in [3.05, 3.63) is 29.3 Å². The molecule has 0 radical (unpaired) electrons. The maximum Gasteiger partial charge on any atom is 0.122 e. The first-order chi connectivity index (χ1) is 9.88. The van der Waals surface area contributed by atoms with Crippen LogP contribution in [-0.2, 0) is 15.9 Å². The van der Waals surface area contributed by atoms with E-state index in [-0.39, 0.29) is 12.1 Å². The standard InChI is InChI=1S/C16H23NO3/c1-2-6-17-16(15-11-18-8-9-20-15)13-3-4-14-12(10-13)5-7-19-14/h3-4,10,15-17H,2,5-9,11H2,1H3. The number of rotatable bonds is 5. The van der Waals surface area contributed by atoms with Crippen LogP contribution >= 0.6 is 0 Å². The lowest BCUT2D eigenvalue weighted by molar-refractivity contribution is -0.102. The van der Waals surface area contributed by atoms with E-state index >= 15 is 0 Å². The molecule has 0 spiro atoms. The van der Waals surface area contributed by atoms with Crippen molar-refractivity contribution in [2.24, 2.45) is 0 Å². The summed E-state index contributed by atoms with van der Waals surface area (Å²) in [6.07, 6.45) is 2.21. The maximum atomic E-state index is 5.89. The summed E-state index contributed by atoms with van der Waals surface area (Å²) in [5.41, 5.74) is 2.58. The molecule has 0 aliphatic carbocycles. The van der Waals surface area contributed by atoms with Crippen LogP contribution in [0.25, 0.3) is 0 Å². The molecule has 0 saturated carbocycles. The largest absolute Gasteiger partial charge is 0.493 e. The van der Waals surface area contributed by atoms with Gasteiger partial charge < -0.3 is 19.5 Å². The van der Waals surface area contributed by atoms with Gasteiger partial charge in [0.05, 0.1) is 32.5 Å². The van der Waals surface area contributed by atoms with Crippen LogP contribution in [0.1, 0.15) is 30.5 Å². The lowest BCUT2D eigenvalue weighted by Crippen LogP contribution is -2.40. The number of hydrogen-bond donors (Lipinski definition) is 1. The summed E-state index contributed by atoms with van der Waals surface area (Å²) in [5.74, 6) is 1.03. The molecule has 1 aromatic rings. The molecule has 0 amide bonds. The number of benzene rings is 1. The monoisotopic (exact) mass is 277 g/mol. The zero-order valence-electron chi connectivity index (χ0n) is 12.1. The summed E-state index contributed by atoms with van der Waals surface area (Å²) in [6, 6.07) is 6.69. The summed E-state index contributed by atoms with van der Waals surface area (Å²) in [6.45, 7) is 6.01. The molecule has 20 heavy (non-hydrogen) atoms. The van der Waals surface area contributed by atoms with Crippen molar-refractivity contribution in [2.75, 3.05) is 33.0 Å². The zero-order chi connectivity index (χ0) is 13.8. The molecule has 2 heterocycles. The van der Waals surface area contributed by atoms with Crippen LogP contribution in [0.2, 0.25) is 0 Å². The van der Waals surface area contributed by atoms with Crippen LogP contribution in [0.15, 0.2) is 18.2 Å². The Morgan fingerprint density at radius 1 is 1.30 bits per heavy atom. The quantitative estimate of drug-likeness (QED) is 0.894. The van der Waals surface area contributed by atoms with E-state index in [2.05, 4.69) is 30.4 Å². The van der Waals surface area contributed by atoms with Crippen LogP contribution in [0.3, 0.4) is 0 Å². The van der Waals surface area contributed by atoms with Crippen molar-refractivity contribution in [1.29, 1.82) is 0 Å². The first-order valence-electron chi connectivity index (χ1n) is 7.57. The summed E-state index contributed by atoms with van der Waals surface area (Å²) in [7, 11) is 0. The fourth-order valence-corrected chi connectivity index (χ4v) is 2.86. The van der Waals surface area contributed by atoms with Crippen LogP contribution in [-0.4, -0.2) is 39.1 Å². The highest BCUT2D eigenvalue weighted by Crippen LogP contribution is 2.30. The Labute approximate surface area is 120 Å². The van der Waals surface area contributed by atoms with Crippen LogP contribution < -0.4 is 10.1 Å². The van der Waals surface area contributed by atoms with E-state index in [1.165, 1.54) is 11.1 Å². The number of fused-ring (bicyclic) bond motifs is 1. The van der Waals surface area contributed by atoms with Gasteiger partial charge in [-0.2, -0.15) is 0 Å². The predicted molar refractivity (Wildman–Crippen MR) is 77.2 cm³/mol. The molecular weight excluding hydrogens is 254 g/mol. The Balaban J connectivity index is 1.80. The van der Waals surface area contributed by atoms with Gasteiger partial charge in [-0.25, -0.2) is 0 Å². The van der Waals surface area contributed by atoms with Gasteiger partial charge in [-0.3, -0.25) is 0 Å². The summed E-state index contributed by atoms with van der Waals surface area (Å²) >= 11 is 0. The summed E-state index contributed by atoms with van der Waals surface area (Å²) in [5, 5.41) is 3.60. The van der Waals surface area contributed by atoms with Crippen molar-refractivity contribution in [1.82, 2.24) is 5.32 Å². The van der Waals surface area contributed by atoms with Crippen molar-refractivity contribution < 1.29 is 14.2 Å². The second-order valence-corrected chi connectivity index (χ2v) is 5.38. The summed E-state index contributed by atoms with van der Waals surface area (Å²) < 4.78 is 17.0. The van der Waals surface area contributed by atoms with Crippen molar-refractivity contribution in [3.63, 3.8) is 0 Å². The van der Waals surface area contributed by atoms with Gasteiger partial charge in [-0.05, 0) is 30.2 Å². The van der Waals surface area contributed by atoms with E-state index in [9.17, 15) is 0 Å². The smallest absolute Gasteiger partial charge is 0.122 e. The molecule has 1 N–H and O–H groups in total. The lowest BCUT2D eigenvalue weighted by Gasteiger charge is -2.31. The third kappa shape index (κ3) is 2.97. The summed E-state index contributed by atoms with van der Waals surface area (Å²) in [4.78, 5) is 0. The fraction of sp³-hybridized carbons (Fsp3) is 0.625. The molecule has 0 aromatic heterocycles. The highest BCUT2D eigenvalue weighted by molar-refractivity contribution is 5.41. The van der Waals surface area contributed by atoms with Gasteiger partial charge in [0, 0.05) is 6.42 Å². The van der Waals surface area contributed by atoms with Crippen LogP contribution in [0.5, 0.6) is 5.75 Å². The minimum atomic E-state index is 0.0932. The maximum absolute atomic E-state index is 5.89. The Kier molecular flexibility index (Phi) is 4.55. The SMILES string of the molecule is CCCNC(c1ccc2c(c1)CCO2)C1COCCO1. The van der Waals surface area contributed by atoms with Gasteiger partial charge in [0.15, 0.2) is 0 Å². The third-order valence-corrected chi connectivity index (χ3v) is 3.90. The van der Waals surface area contributed by atoms with Gasteiger partial charge in [-0.15, -0.1) is 0 Å². The van der Waals surface area contributed by atoms with Crippen LogP contribution in [0, 0.1) is 0 Å². The predicted octanol–water partition coefficient (Wildman–Crippen LogP) is 2.08. The average Bonchev–Trinajstić information content (AvgIpc) is 2.96. The zero-order valence-corrected chi connectivity index (χ0v) is 12.1. The minimum Gasteiger partial charge on any atom is -0.493 e. The first kappa shape index (κ1) is 13.9. The molecule has 3 rings (SSSR count). The van der Waals surface area contributed by atoms with E-state index in [0.717, 1.165) is 31.7 Å². The average molecular weight is 277 g/mol. The molecule has 1 saturated heterocycles. The second kappa shape index (κ2) is 6.57. The fourth-order valence-electron chi connectivity index (χ4n) is 2.86. The molecule has 1 aromatic carbocycles. The highest BCUT2D eigenvalue weighted by atomic mass is 16.6. The molecular formula is C16H23NO3.